The van der Waals surface area contributed by atoms with Gasteiger partial charge < -0.3 is 9.30 Å². The van der Waals surface area contributed by atoms with E-state index in [-0.39, 0.29) is 5.56 Å². The molecule has 6 heteroatoms. The standard InChI is InChI=1S/C12H15F2NO.C8H8N2/c1-9-11(13)6-10(7-12(9)14)8-15-2-4-16-5-3-15;1-10-6-9-7-4-2-3-5-8(7)10/h6-7H,2-5,8H2,1H3;2-6H,1H3. The summed E-state index contributed by atoms with van der Waals surface area (Å²) in [5.74, 6) is -0.938. The monoisotopic (exact) mass is 359 g/mol. The first kappa shape index (κ1) is 18.5. The third kappa shape index (κ3) is 4.45. The summed E-state index contributed by atoms with van der Waals surface area (Å²) in [5.41, 5.74) is 3.01. The van der Waals surface area contributed by atoms with Gasteiger partial charge in [-0.15, -0.1) is 0 Å². The number of nitrogens with zero attached hydrogens (tertiary/aromatic N) is 3. The third-order valence-corrected chi connectivity index (χ3v) is 4.48. The van der Waals surface area contributed by atoms with Crippen molar-refractivity contribution >= 4 is 11.0 Å². The van der Waals surface area contributed by atoms with Crippen LogP contribution in [0.3, 0.4) is 0 Å². The number of morpholine rings is 1. The van der Waals surface area contributed by atoms with Crippen LogP contribution < -0.4 is 0 Å². The van der Waals surface area contributed by atoms with Crippen molar-refractivity contribution in [3.63, 3.8) is 0 Å². The first-order valence-electron chi connectivity index (χ1n) is 8.65. The molecule has 0 unspecified atom stereocenters. The second-order valence-electron chi connectivity index (χ2n) is 6.42. The summed E-state index contributed by atoms with van der Waals surface area (Å²) in [6.45, 7) is 5.04. The summed E-state index contributed by atoms with van der Waals surface area (Å²) in [5, 5.41) is 0. The molecule has 0 saturated carbocycles. The Morgan fingerprint density at radius 1 is 1.08 bits per heavy atom. The number of ether oxygens (including phenoxy) is 1. The minimum absolute atomic E-state index is 0.0886. The Labute approximate surface area is 152 Å². The highest BCUT2D eigenvalue weighted by atomic mass is 19.1. The maximum Gasteiger partial charge on any atom is 0.129 e. The SMILES string of the molecule is Cc1c(F)cc(CN2CCOCC2)cc1F.Cn1cnc2ccccc21. The Balaban J connectivity index is 0.000000167. The lowest BCUT2D eigenvalue weighted by atomic mass is 10.1. The lowest BCUT2D eigenvalue weighted by Gasteiger charge is -2.26. The van der Waals surface area contributed by atoms with E-state index in [4.69, 9.17) is 4.74 Å². The van der Waals surface area contributed by atoms with Gasteiger partial charge in [0, 0.05) is 32.2 Å². The summed E-state index contributed by atoms with van der Waals surface area (Å²) in [7, 11) is 2.00. The molecule has 2 aromatic carbocycles. The summed E-state index contributed by atoms with van der Waals surface area (Å²) < 4.78 is 33.8. The molecule has 2 heterocycles. The van der Waals surface area contributed by atoms with Gasteiger partial charge in [0.2, 0.25) is 0 Å². The topological polar surface area (TPSA) is 30.3 Å². The predicted molar refractivity (Wildman–Crippen MR) is 97.9 cm³/mol. The van der Waals surface area contributed by atoms with E-state index in [0.29, 0.717) is 25.3 Å². The molecule has 0 bridgehead atoms. The summed E-state index contributed by atoms with van der Waals surface area (Å²) in [6.07, 6.45) is 1.82. The quantitative estimate of drug-likeness (QED) is 0.699. The first-order chi connectivity index (χ1) is 12.5. The molecule has 4 rings (SSSR count). The molecule has 0 N–H and O–H groups in total. The van der Waals surface area contributed by atoms with Crippen LogP contribution in [0.1, 0.15) is 11.1 Å². The molecule has 138 valence electrons. The zero-order valence-electron chi connectivity index (χ0n) is 15.1. The number of rotatable bonds is 2. The van der Waals surface area contributed by atoms with Crippen molar-refractivity contribution in [1.29, 1.82) is 0 Å². The van der Waals surface area contributed by atoms with Gasteiger partial charge >= 0.3 is 0 Å². The van der Waals surface area contributed by atoms with Crippen molar-refractivity contribution < 1.29 is 13.5 Å². The Morgan fingerprint density at radius 3 is 2.38 bits per heavy atom. The summed E-state index contributed by atoms with van der Waals surface area (Å²) >= 11 is 0. The molecule has 0 atom stereocenters. The number of para-hydroxylation sites is 2. The van der Waals surface area contributed by atoms with Gasteiger partial charge in [0.05, 0.1) is 30.6 Å². The van der Waals surface area contributed by atoms with Gasteiger partial charge in [0.1, 0.15) is 11.6 Å². The van der Waals surface area contributed by atoms with Gasteiger partial charge in [0.25, 0.3) is 0 Å². The van der Waals surface area contributed by atoms with Crippen LogP contribution in [-0.2, 0) is 18.3 Å². The van der Waals surface area contributed by atoms with Crippen LogP contribution in [0.4, 0.5) is 8.78 Å². The Kier molecular flexibility index (Phi) is 5.96. The molecule has 1 aliphatic heterocycles. The van der Waals surface area contributed by atoms with Gasteiger partial charge in [-0.05, 0) is 36.8 Å². The number of benzene rings is 2. The molecule has 1 aliphatic rings. The van der Waals surface area contributed by atoms with E-state index in [1.807, 2.05) is 36.1 Å². The van der Waals surface area contributed by atoms with Crippen LogP contribution in [0.5, 0.6) is 0 Å². The molecule has 0 aliphatic carbocycles. The fourth-order valence-corrected chi connectivity index (χ4v) is 2.89. The minimum Gasteiger partial charge on any atom is -0.379 e. The smallest absolute Gasteiger partial charge is 0.129 e. The number of aromatic nitrogens is 2. The predicted octanol–water partition coefficient (Wildman–Crippen LogP) is 3.68. The summed E-state index contributed by atoms with van der Waals surface area (Å²) in [4.78, 5) is 6.31. The van der Waals surface area contributed by atoms with Gasteiger partial charge in [-0.2, -0.15) is 0 Å². The molecule has 0 amide bonds. The average molecular weight is 359 g/mol. The number of hydrogen-bond acceptors (Lipinski definition) is 3. The van der Waals surface area contributed by atoms with Crippen LogP contribution in [0.2, 0.25) is 0 Å². The van der Waals surface area contributed by atoms with Crippen LogP contribution >= 0.6 is 0 Å². The van der Waals surface area contributed by atoms with Crippen molar-refractivity contribution in [2.75, 3.05) is 26.3 Å². The summed E-state index contributed by atoms with van der Waals surface area (Å²) in [6, 6.07) is 10.9. The Hall–Kier alpha value is -2.31. The Bertz CT molecular complexity index is 849. The normalized spacial score (nSPS) is 14.9. The van der Waals surface area contributed by atoms with E-state index < -0.39 is 11.6 Å². The minimum atomic E-state index is -0.469. The fraction of sp³-hybridized carbons (Fsp3) is 0.350. The maximum atomic E-state index is 13.3. The largest absolute Gasteiger partial charge is 0.379 e. The second-order valence-corrected chi connectivity index (χ2v) is 6.42. The van der Waals surface area contributed by atoms with Crippen LogP contribution in [0, 0.1) is 18.6 Å². The number of halogens is 2. The van der Waals surface area contributed by atoms with Crippen molar-refractivity contribution in [3.05, 3.63) is 65.5 Å². The molecular weight excluding hydrogens is 336 g/mol. The van der Waals surface area contributed by atoms with E-state index in [0.717, 1.165) is 18.6 Å². The lowest BCUT2D eigenvalue weighted by molar-refractivity contribution is 0.0341. The molecule has 3 aromatic rings. The molecular formula is C20H23F2N3O. The van der Waals surface area contributed by atoms with Gasteiger partial charge in [-0.1, -0.05) is 12.1 Å². The van der Waals surface area contributed by atoms with E-state index in [9.17, 15) is 8.78 Å². The van der Waals surface area contributed by atoms with Crippen molar-refractivity contribution in [1.82, 2.24) is 14.5 Å². The van der Waals surface area contributed by atoms with E-state index in [2.05, 4.69) is 16.0 Å². The van der Waals surface area contributed by atoms with Crippen molar-refractivity contribution in [2.24, 2.45) is 7.05 Å². The Morgan fingerprint density at radius 2 is 1.73 bits per heavy atom. The lowest BCUT2D eigenvalue weighted by Crippen LogP contribution is -2.35. The molecule has 0 radical (unpaired) electrons. The van der Waals surface area contributed by atoms with Gasteiger partial charge in [0.15, 0.2) is 0 Å². The maximum absolute atomic E-state index is 13.3. The third-order valence-electron chi connectivity index (χ3n) is 4.48. The fourth-order valence-electron chi connectivity index (χ4n) is 2.89. The van der Waals surface area contributed by atoms with E-state index in [1.165, 1.54) is 24.6 Å². The number of hydrogen-bond donors (Lipinski definition) is 0. The van der Waals surface area contributed by atoms with E-state index in [1.54, 1.807) is 0 Å². The van der Waals surface area contributed by atoms with Gasteiger partial charge in [-0.3, -0.25) is 4.90 Å². The van der Waals surface area contributed by atoms with Crippen molar-refractivity contribution in [3.8, 4) is 0 Å². The zero-order chi connectivity index (χ0) is 18.5. The highest BCUT2D eigenvalue weighted by Crippen LogP contribution is 2.16. The van der Waals surface area contributed by atoms with Gasteiger partial charge in [-0.25, -0.2) is 13.8 Å². The van der Waals surface area contributed by atoms with E-state index >= 15 is 0 Å². The van der Waals surface area contributed by atoms with Crippen LogP contribution in [0.15, 0.2) is 42.7 Å². The molecule has 26 heavy (non-hydrogen) atoms. The highest BCUT2D eigenvalue weighted by molar-refractivity contribution is 5.74. The molecule has 4 nitrogen and oxygen atoms in total. The van der Waals surface area contributed by atoms with Crippen LogP contribution in [-0.4, -0.2) is 40.8 Å². The van der Waals surface area contributed by atoms with Crippen molar-refractivity contribution in [2.45, 2.75) is 13.5 Å². The number of aryl methyl sites for hydroxylation is 1. The zero-order valence-corrected chi connectivity index (χ0v) is 15.1. The second kappa shape index (κ2) is 8.38. The highest BCUT2D eigenvalue weighted by Gasteiger charge is 2.13. The average Bonchev–Trinajstić information content (AvgIpc) is 3.03. The molecule has 1 saturated heterocycles. The molecule has 0 spiro atoms. The number of fused-ring (bicyclic) bond motifs is 1. The molecule has 1 fully saturated rings. The molecule has 1 aromatic heterocycles. The first-order valence-corrected chi connectivity index (χ1v) is 8.65. The van der Waals surface area contributed by atoms with Crippen LogP contribution in [0.25, 0.3) is 11.0 Å². The number of imidazole rings is 1.